The van der Waals surface area contributed by atoms with E-state index in [0.717, 1.165) is 4.67 Å². The van der Waals surface area contributed by atoms with Gasteiger partial charge in [0.25, 0.3) is 0 Å². The number of nitrogens with one attached hydrogen (secondary N) is 1. The Morgan fingerprint density at radius 2 is 2.00 bits per heavy atom. The van der Waals surface area contributed by atoms with Gasteiger partial charge in [0.1, 0.15) is 5.76 Å². The van der Waals surface area contributed by atoms with Gasteiger partial charge < -0.3 is 9.73 Å². The lowest BCUT2D eigenvalue weighted by molar-refractivity contribution is 0.127. The zero-order valence-corrected chi connectivity index (χ0v) is 10.6. The molecular formula is C12H16BrNO. The number of hydrogen-bond acceptors (Lipinski definition) is 2. The summed E-state index contributed by atoms with van der Waals surface area (Å²) in [6.45, 7) is 0. The molecule has 3 rings (SSSR count). The Morgan fingerprint density at radius 3 is 2.33 bits per heavy atom. The van der Waals surface area contributed by atoms with Crippen molar-refractivity contribution in [2.75, 3.05) is 7.05 Å². The number of likely N-dealkylation sites (N-methyl/N-ethyl adjacent to an activating group) is 1. The van der Waals surface area contributed by atoms with Crippen LogP contribution in [0.15, 0.2) is 21.2 Å². The summed E-state index contributed by atoms with van der Waals surface area (Å²) < 4.78 is 6.65. The lowest BCUT2D eigenvalue weighted by atomic mass is 9.60. The predicted octanol–water partition coefficient (Wildman–Crippen LogP) is 3.22. The topological polar surface area (TPSA) is 25.2 Å². The first-order chi connectivity index (χ1) is 7.22. The molecule has 15 heavy (non-hydrogen) atoms. The molecule has 82 valence electrons. The number of rotatable bonds is 3. The minimum Gasteiger partial charge on any atom is -0.454 e. The molecule has 0 aromatic carbocycles. The Morgan fingerprint density at radius 1 is 1.27 bits per heavy atom. The molecule has 1 N–H and O–H groups in total. The highest BCUT2D eigenvalue weighted by molar-refractivity contribution is 9.10. The smallest absolute Gasteiger partial charge is 0.169 e. The third-order valence-corrected chi connectivity index (χ3v) is 4.82. The Hall–Kier alpha value is -0.280. The number of hydrogen-bond donors (Lipinski definition) is 1. The van der Waals surface area contributed by atoms with Crippen LogP contribution in [-0.4, -0.2) is 12.6 Å². The van der Waals surface area contributed by atoms with Crippen LogP contribution in [0.1, 0.15) is 37.9 Å². The molecule has 0 radical (unpaired) electrons. The van der Waals surface area contributed by atoms with Gasteiger partial charge in [-0.05, 0) is 60.8 Å². The molecular weight excluding hydrogens is 254 g/mol. The van der Waals surface area contributed by atoms with Crippen LogP contribution >= 0.6 is 15.9 Å². The standard InChI is InChI=1S/C12H16BrNO/c1-14-12(7-8-12)11(5-2-6-11)9-3-4-10(13)15-9/h3-4,14H,2,5-8H2,1H3. The molecule has 1 aromatic rings. The van der Waals surface area contributed by atoms with E-state index in [2.05, 4.69) is 34.4 Å². The first-order valence-electron chi connectivity index (χ1n) is 5.67. The van der Waals surface area contributed by atoms with Crippen LogP contribution in [0.25, 0.3) is 0 Å². The average Bonchev–Trinajstić information content (AvgIpc) is 2.83. The van der Waals surface area contributed by atoms with Crippen LogP contribution in [0.5, 0.6) is 0 Å². The summed E-state index contributed by atoms with van der Waals surface area (Å²) in [4.78, 5) is 0. The minimum atomic E-state index is 0.285. The quantitative estimate of drug-likeness (QED) is 0.912. The second-order valence-corrected chi connectivity index (χ2v) is 5.65. The van der Waals surface area contributed by atoms with Gasteiger partial charge in [0.2, 0.25) is 0 Å². The Bertz CT molecular complexity index is 377. The first-order valence-corrected chi connectivity index (χ1v) is 6.47. The summed E-state index contributed by atoms with van der Waals surface area (Å²) in [5.74, 6) is 1.17. The van der Waals surface area contributed by atoms with E-state index in [9.17, 15) is 0 Å². The fraction of sp³-hybridized carbons (Fsp3) is 0.667. The maximum atomic E-state index is 5.80. The third-order valence-electron chi connectivity index (χ3n) is 4.40. The summed E-state index contributed by atoms with van der Waals surface area (Å²) in [6, 6.07) is 4.15. The first kappa shape index (κ1) is 9.91. The second kappa shape index (κ2) is 3.11. The monoisotopic (exact) mass is 269 g/mol. The predicted molar refractivity (Wildman–Crippen MR) is 63.0 cm³/mol. The zero-order chi connectivity index (χ0) is 10.5. The van der Waals surface area contributed by atoms with E-state index in [1.165, 1.54) is 37.9 Å². The number of furan rings is 1. The van der Waals surface area contributed by atoms with Crippen molar-refractivity contribution < 1.29 is 4.42 Å². The van der Waals surface area contributed by atoms with Gasteiger partial charge in [-0.25, -0.2) is 0 Å². The van der Waals surface area contributed by atoms with Crippen molar-refractivity contribution in [1.29, 1.82) is 0 Å². The third kappa shape index (κ3) is 1.19. The Balaban J connectivity index is 1.99. The molecule has 3 heteroatoms. The van der Waals surface area contributed by atoms with Crippen molar-refractivity contribution in [3.8, 4) is 0 Å². The highest BCUT2D eigenvalue weighted by Crippen LogP contribution is 2.61. The molecule has 1 aromatic heterocycles. The van der Waals surface area contributed by atoms with Crippen molar-refractivity contribution in [1.82, 2.24) is 5.32 Å². The molecule has 2 fully saturated rings. The van der Waals surface area contributed by atoms with Crippen molar-refractivity contribution in [2.24, 2.45) is 0 Å². The van der Waals surface area contributed by atoms with Crippen LogP contribution in [0.3, 0.4) is 0 Å². The number of halogens is 1. The lowest BCUT2D eigenvalue weighted by Gasteiger charge is -2.47. The van der Waals surface area contributed by atoms with Crippen molar-refractivity contribution in [3.63, 3.8) is 0 Å². The molecule has 0 unspecified atom stereocenters. The van der Waals surface area contributed by atoms with Gasteiger partial charge in [-0.2, -0.15) is 0 Å². The molecule has 0 amide bonds. The van der Waals surface area contributed by atoms with Gasteiger partial charge in [-0.3, -0.25) is 0 Å². The summed E-state index contributed by atoms with van der Waals surface area (Å²) in [6.07, 6.45) is 6.47. The molecule has 1 heterocycles. The molecule has 0 atom stereocenters. The Kier molecular flexibility index (Phi) is 2.05. The molecule has 0 saturated heterocycles. The molecule has 2 nitrogen and oxygen atoms in total. The van der Waals surface area contributed by atoms with Crippen LogP contribution in [0.4, 0.5) is 0 Å². The summed E-state index contributed by atoms with van der Waals surface area (Å²) in [5, 5.41) is 3.53. The van der Waals surface area contributed by atoms with E-state index in [4.69, 9.17) is 4.42 Å². The van der Waals surface area contributed by atoms with Gasteiger partial charge in [0, 0.05) is 11.0 Å². The molecule has 2 aliphatic carbocycles. The fourth-order valence-corrected chi connectivity index (χ4v) is 3.46. The van der Waals surface area contributed by atoms with E-state index in [1.54, 1.807) is 0 Å². The fourth-order valence-electron chi connectivity index (χ4n) is 3.16. The van der Waals surface area contributed by atoms with Gasteiger partial charge in [0.15, 0.2) is 4.67 Å². The van der Waals surface area contributed by atoms with Crippen LogP contribution in [0, 0.1) is 0 Å². The van der Waals surface area contributed by atoms with Crippen LogP contribution in [-0.2, 0) is 5.41 Å². The maximum absolute atomic E-state index is 5.80. The summed E-state index contributed by atoms with van der Waals surface area (Å²) in [7, 11) is 2.09. The molecule has 0 bridgehead atoms. The van der Waals surface area contributed by atoms with E-state index in [1.807, 2.05) is 6.07 Å². The lowest BCUT2D eigenvalue weighted by Crippen LogP contribution is -2.53. The van der Waals surface area contributed by atoms with E-state index in [-0.39, 0.29) is 5.41 Å². The van der Waals surface area contributed by atoms with Crippen molar-refractivity contribution in [2.45, 2.75) is 43.1 Å². The normalized spacial score (nSPS) is 26.0. The second-order valence-electron chi connectivity index (χ2n) is 4.87. The van der Waals surface area contributed by atoms with E-state index in [0.29, 0.717) is 5.54 Å². The minimum absolute atomic E-state index is 0.285. The molecule has 0 aliphatic heterocycles. The van der Waals surface area contributed by atoms with Gasteiger partial charge >= 0.3 is 0 Å². The van der Waals surface area contributed by atoms with E-state index >= 15 is 0 Å². The Labute approximate surface area is 98.6 Å². The summed E-state index contributed by atoms with van der Waals surface area (Å²) in [5.41, 5.74) is 0.621. The van der Waals surface area contributed by atoms with Crippen molar-refractivity contribution in [3.05, 3.63) is 22.6 Å². The average molecular weight is 270 g/mol. The summed E-state index contributed by atoms with van der Waals surface area (Å²) >= 11 is 3.40. The zero-order valence-electron chi connectivity index (χ0n) is 8.98. The van der Waals surface area contributed by atoms with Crippen LogP contribution < -0.4 is 5.32 Å². The van der Waals surface area contributed by atoms with Gasteiger partial charge in [-0.15, -0.1) is 0 Å². The molecule has 0 spiro atoms. The van der Waals surface area contributed by atoms with E-state index < -0.39 is 0 Å². The van der Waals surface area contributed by atoms with Crippen molar-refractivity contribution >= 4 is 15.9 Å². The van der Waals surface area contributed by atoms with Gasteiger partial charge in [-0.1, -0.05) is 6.42 Å². The maximum Gasteiger partial charge on any atom is 0.169 e. The largest absolute Gasteiger partial charge is 0.454 e. The highest BCUT2D eigenvalue weighted by Gasteiger charge is 2.63. The SMILES string of the molecule is CNC1(C2(c3ccc(Br)o3)CCC2)CC1. The highest BCUT2D eigenvalue weighted by atomic mass is 79.9. The van der Waals surface area contributed by atoms with Gasteiger partial charge in [0.05, 0.1) is 0 Å². The molecule has 2 aliphatic rings. The van der Waals surface area contributed by atoms with Crippen LogP contribution in [0.2, 0.25) is 0 Å². The molecule has 2 saturated carbocycles.